The first-order valence-corrected chi connectivity index (χ1v) is 6.97. The lowest BCUT2D eigenvalue weighted by Gasteiger charge is -2.05. The molecule has 0 radical (unpaired) electrons. The van der Waals surface area contributed by atoms with Gasteiger partial charge in [0, 0.05) is 34.9 Å². The van der Waals surface area contributed by atoms with Crippen LogP contribution in [-0.2, 0) is 17.8 Å². The Morgan fingerprint density at radius 1 is 1.29 bits per heavy atom. The van der Waals surface area contributed by atoms with Crippen LogP contribution in [-0.4, -0.2) is 21.1 Å². The molecule has 0 saturated heterocycles. The molecule has 0 saturated carbocycles. The van der Waals surface area contributed by atoms with Crippen LogP contribution in [0.3, 0.4) is 0 Å². The van der Waals surface area contributed by atoms with Crippen molar-refractivity contribution in [3.05, 3.63) is 53.0 Å². The highest BCUT2D eigenvalue weighted by Gasteiger charge is 2.11. The largest absolute Gasteiger partial charge is 0.361 e. The van der Waals surface area contributed by atoms with Gasteiger partial charge in [-0.1, -0.05) is 18.2 Å². The maximum atomic E-state index is 12.1. The smallest absolute Gasteiger partial charge is 0.224 e. The number of para-hydroxylation sites is 1. The fourth-order valence-corrected chi connectivity index (χ4v) is 2.53. The van der Waals surface area contributed by atoms with Crippen LogP contribution in [0.1, 0.15) is 22.5 Å². The molecular formula is C16H18N4O. The molecule has 0 aliphatic rings. The van der Waals surface area contributed by atoms with Crippen LogP contribution in [0.25, 0.3) is 10.9 Å². The predicted octanol–water partition coefficient (Wildman–Crippen LogP) is 2.37. The van der Waals surface area contributed by atoms with Crippen molar-refractivity contribution in [1.82, 2.24) is 20.5 Å². The van der Waals surface area contributed by atoms with Gasteiger partial charge in [-0.3, -0.25) is 9.89 Å². The van der Waals surface area contributed by atoms with Crippen molar-refractivity contribution in [2.45, 2.75) is 26.8 Å². The summed E-state index contributed by atoms with van der Waals surface area (Å²) in [6.45, 7) is 4.40. The van der Waals surface area contributed by atoms with Gasteiger partial charge < -0.3 is 10.3 Å². The molecule has 3 aromatic rings. The highest BCUT2D eigenvalue weighted by molar-refractivity contribution is 5.88. The summed E-state index contributed by atoms with van der Waals surface area (Å²) in [5, 5.41) is 11.1. The summed E-state index contributed by atoms with van der Waals surface area (Å²) in [5.74, 6) is 0.0137. The number of nitrogens with zero attached hydrogens (tertiary/aromatic N) is 1. The van der Waals surface area contributed by atoms with Gasteiger partial charge in [-0.2, -0.15) is 5.10 Å². The Labute approximate surface area is 122 Å². The Kier molecular flexibility index (Phi) is 3.48. The molecule has 0 aliphatic heterocycles. The van der Waals surface area contributed by atoms with Crippen LogP contribution in [0.15, 0.2) is 30.5 Å². The van der Waals surface area contributed by atoms with E-state index in [0.29, 0.717) is 13.0 Å². The Morgan fingerprint density at radius 2 is 2.10 bits per heavy atom. The summed E-state index contributed by atoms with van der Waals surface area (Å²) in [6.07, 6.45) is 2.28. The number of carbonyl (C=O) groups is 1. The lowest BCUT2D eigenvalue weighted by Crippen LogP contribution is -2.25. The molecule has 0 bridgehead atoms. The summed E-state index contributed by atoms with van der Waals surface area (Å²) in [6, 6.07) is 8.00. The molecule has 2 heterocycles. The molecule has 0 unspecified atom stereocenters. The Balaban J connectivity index is 1.67. The minimum atomic E-state index is 0.0137. The number of benzene rings is 1. The normalized spacial score (nSPS) is 11.0. The van der Waals surface area contributed by atoms with Crippen LogP contribution in [0.4, 0.5) is 0 Å². The average Bonchev–Trinajstić information content (AvgIpc) is 3.02. The first-order valence-electron chi connectivity index (χ1n) is 6.97. The molecule has 2 aromatic heterocycles. The summed E-state index contributed by atoms with van der Waals surface area (Å²) >= 11 is 0. The molecule has 3 rings (SSSR count). The van der Waals surface area contributed by atoms with Crippen LogP contribution < -0.4 is 5.32 Å². The molecule has 0 atom stereocenters. The molecule has 108 valence electrons. The number of carbonyl (C=O) groups excluding carboxylic acids is 1. The van der Waals surface area contributed by atoms with Crippen molar-refractivity contribution in [3.63, 3.8) is 0 Å². The number of aromatic nitrogens is 3. The maximum Gasteiger partial charge on any atom is 0.224 e. The zero-order valence-electron chi connectivity index (χ0n) is 12.2. The first kappa shape index (κ1) is 13.4. The second-order valence-electron chi connectivity index (χ2n) is 5.23. The van der Waals surface area contributed by atoms with Crippen LogP contribution in [0, 0.1) is 13.8 Å². The molecule has 1 amide bonds. The molecule has 5 heteroatoms. The molecule has 0 spiro atoms. The molecule has 5 nitrogen and oxygen atoms in total. The number of aryl methyl sites for hydroxylation is 2. The van der Waals surface area contributed by atoms with Crippen molar-refractivity contribution in [1.29, 1.82) is 0 Å². The minimum absolute atomic E-state index is 0.0137. The van der Waals surface area contributed by atoms with E-state index in [4.69, 9.17) is 0 Å². The van der Waals surface area contributed by atoms with Gasteiger partial charge in [0.2, 0.25) is 5.91 Å². The van der Waals surface area contributed by atoms with Gasteiger partial charge in [0.05, 0.1) is 12.1 Å². The minimum Gasteiger partial charge on any atom is -0.361 e. The van der Waals surface area contributed by atoms with E-state index in [1.54, 1.807) is 0 Å². The van der Waals surface area contributed by atoms with Crippen LogP contribution in [0.2, 0.25) is 0 Å². The SMILES string of the molecule is Cc1n[nH]c(C)c1CNC(=O)Cc1c[nH]c2ccccc12. The van der Waals surface area contributed by atoms with E-state index in [9.17, 15) is 4.79 Å². The first-order chi connectivity index (χ1) is 10.1. The molecule has 21 heavy (non-hydrogen) atoms. The van der Waals surface area contributed by atoms with Crippen molar-refractivity contribution in [2.24, 2.45) is 0 Å². The Hall–Kier alpha value is -2.56. The number of hydrogen-bond donors (Lipinski definition) is 3. The fraction of sp³-hybridized carbons (Fsp3) is 0.250. The zero-order valence-corrected chi connectivity index (χ0v) is 12.2. The Morgan fingerprint density at radius 3 is 2.86 bits per heavy atom. The quantitative estimate of drug-likeness (QED) is 0.687. The standard InChI is InChI=1S/C16H18N4O/c1-10-14(11(2)20-19-10)9-18-16(21)7-12-8-17-15-6-4-3-5-13(12)15/h3-6,8,17H,7,9H2,1-2H3,(H,18,21)(H,19,20). The molecule has 0 fully saturated rings. The van der Waals surface area contributed by atoms with E-state index in [1.807, 2.05) is 44.3 Å². The third kappa shape index (κ3) is 2.67. The maximum absolute atomic E-state index is 12.1. The Bertz CT molecular complexity index is 765. The summed E-state index contributed by atoms with van der Waals surface area (Å²) in [4.78, 5) is 15.3. The predicted molar refractivity (Wildman–Crippen MR) is 81.9 cm³/mol. The molecule has 1 aromatic carbocycles. The van der Waals surface area contributed by atoms with Crippen molar-refractivity contribution < 1.29 is 4.79 Å². The second kappa shape index (κ2) is 5.44. The number of hydrogen-bond acceptors (Lipinski definition) is 2. The number of fused-ring (bicyclic) bond motifs is 1. The fourth-order valence-electron chi connectivity index (χ4n) is 2.53. The van der Waals surface area contributed by atoms with Crippen molar-refractivity contribution in [2.75, 3.05) is 0 Å². The summed E-state index contributed by atoms with van der Waals surface area (Å²) < 4.78 is 0. The van der Waals surface area contributed by atoms with Gasteiger partial charge in [-0.15, -0.1) is 0 Å². The number of amides is 1. The summed E-state index contributed by atoms with van der Waals surface area (Å²) in [7, 11) is 0. The number of rotatable bonds is 4. The number of H-pyrrole nitrogens is 2. The third-order valence-electron chi connectivity index (χ3n) is 3.77. The zero-order chi connectivity index (χ0) is 14.8. The number of nitrogens with one attached hydrogen (secondary N) is 3. The van der Waals surface area contributed by atoms with Crippen molar-refractivity contribution in [3.8, 4) is 0 Å². The highest BCUT2D eigenvalue weighted by Crippen LogP contribution is 2.18. The van der Waals surface area contributed by atoms with E-state index in [0.717, 1.165) is 33.4 Å². The number of aromatic amines is 2. The van der Waals surface area contributed by atoms with E-state index >= 15 is 0 Å². The lowest BCUT2D eigenvalue weighted by atomic mass is 10.1. The van der Waals surface area contributed by atoms with Crippen LogP contribution in [0.5, 0.6) is 0 Å². The van der Waals surface area contributed by atoms with E-state index < -0.39 is 0 Å². The third-order valence-corrected chi connectivity index (χ3v) is 3.77. The lowest BCUT2D eigenvalue weighted by molar-refractivity contribution is -0.120. The van der Waals surface area contributed by atoms with Gasteiger partial charge in [0.25, 0.3) is 0 Å². The molecular weight excluding hydrogens is 264 g/mol. The van der Waals surface area contributed by atoms with E-state index in [1.165, 1.54) is 0 Å². The van der Waals surface area contributed by atoms with Gasteiger partial charge in [0.1, 0.15) is 0 Å². The van der Waals surface area contributed by atoms with E-state index in [2.05, 4.69) is 20.5 Å². The molecule has 0 aliphatic carbocycles. The van der Waals surface area contributed by atoms with Gasteiger partial charge in [-0.25, -0.2) is 0 Å². The topological polar surface area (TPSA) is 73.6 Å². The summed E-state index contributed by atoms with van der Waals surface area (Å²) in [5.41, 5.74) is 5.06. The van der Waals surface area contributed by atoms with Crippen molar-refractivity contribution >= 4 is 16.8 Å². The van der Waals surface area contributed by atoms with Gasteiger partial charge >= 0.3 is 0 Å². The highest BCUT2D eigenvalue weighted by atomic mass is 16.1. The second-order valence-corrected chi connectivity index (χ2v) is 5.23. The monoisotopic (exact) mass is 282 g/mol. The average molecular weight is 282 g/mol. The van der Waals surface area contributed by atoms with Crippen LogP contribution >= 0.6 is 0 Å². The van der Waals surface area contributed by atoms with Gasteiger partial charge in [0.15, 0.2) is 0 Å². The van der Waals surface area contributed by atoms with E-state index in [-0.39, 0.29) is 5.91 Å². The van der Waals surface area contributed by atoms with Gasteiger partial charge in [-0.05, 0) is 25.5 Å². The molecule has 3 N–H and O–H groups in total.